The Kier molecular flexibility index (Phi) is 6.17. The summed E-state index contributed by atoms with van der Waals surface area (Å²) in [5, 5.41) is 8.03. The monoisotopic (exact) mass is 357 g/mol. The van der Waals surface area contributed by atoms with E-state index in [9.17, 15) is 9.59 Å². The van der Waals surface area contributed by atoms with Crippen LogP contribution in [0, 0.1) is 5.92 Å². The Labute approximate surface area is 151 Å². The number of carbonyl (C=O) groups excluding carboxylic acids is 2. The van der Waals surface area contributed by atoms with Crippen molar-refractivity contribution in [1.29, 1.82) is 0 Å². The molecule has 1 aromatic heterocycles. The summed E-state index contributed by atoms with van der Waals surface area (Å²) in [5.41, 5.74) is 1.26. The summed E-state index contributed by atoms with van der Waals surface area (Å²) < 4.78 is 0. The van der Waals surface area contributed by atoms with Crippen LogP contribution in [0.25, 0.3) is 0 Å². The van der Waals surface area contributed by atoms with Crippen molar-refractivity contribution in [1.82, 2.24) is 4.98 Å². The first-order valence-electron chi connectivity index (χ1n) is 8.81. The molecule has 1 aliphatic rings. The Morgan fingerprint density at radius 3 is 2.52 bits per heavy atom. The van der Waals surface area contributed by atoms with E-state index < -0.39 is 0 Å². The number of carbonyl (C=O) groups is 2. The Morgan fingerprint density at radius 2 is 1.84 bits per heavy atom. The predicted octanol–water partition coefficient (Wildman–Crippen LogP) is 4.69. The summed E-state index contributed by atoms with van der Waals surface area (Å²) in [6, 6.07) is 6.93. The second-order valence-corrected chi connectivity index (χ2v) is 7.35. The first-order valence-corrected chi connectivity index (χ1v) is 9.69. The van der Waals surface area contributed by atoms with Crippen LogP contribution in [0.1, 0.15) is 55.3 Å². The quantitative estimate of drug-likeness (QED) is 0.787. The van der Waals surface area contributed by atoms with Crippen molar-refractivity contribution in [3.8, 4) is 0 Å². The van der Waals surface area contributed by atoms with E-state index in [0.717, 1.165) is 12.1 Å². The van der Waals surface area contributed by atoms with Crippen molar-refractivity contribution in [2.24, 2.45) is 5.92 Å². The minimum atomic E-state index is -0.204. The summed E-state index contributed by atoms with van der Waals surface area (Å²) >= 11 is 1.37. The largest absolute Gasteiger partial charge is 0.326 e. The number of nitrogens with zero attached hydrogens (tertiary/aromatic N) is 1. The van der Waals surface area contributed by atoms with E-state index in [0.29, 0.717) is 23.0 Å². The summed E-state index contributed by atoms with van der Waals surface area (Å²) in [7, 11) is 0. The summed E-state index contributed by atoms with van der Waals surface area (Å²) in [5.74, 6) is 0.548. The van der Waals surface area contributed by atoms with Gasteiger partial charge in [0.05, 0.1) is 0 Å². The molecule has 0 unspecified atom stereocenters. The van der Waals surface area contributed by atoms with Gasteiger partial charge in [0.2, 0.25) is 5.91 Å². The Bertz CT molecular complexity index is 692. The van der Waals surface area contributed by atoms with Crippen molar-refractivity contribution >= 4 is 34.0 Å². The number of rotatable bonds is 6. The Balaban J connectivity index is 1.46. The fourth-order valence-electron chi connectivity index (χ4n) is 3.19. The molecular formula is C19H23N3O2S. The van der Waals surface area contributed by atoms with Gasteiger partial charge in [0, 0.05) is 29.2 Å². The molecular weight excluding hydrogens is 334 g/mol. The molecule has 2 aromatic rings. The van der Waals surface area contributed by atoms with Crippen molar-refractivity contribution in [2.75, 3.05) is 10.6 Å². The number of amides is 2. The van der Waals surface area contributed by atoms with Crippen LogP contribution in [0.5, 0.6) is 0 Å². The number of benzene rings is 1. The van der Waals surface area contributed by atoms with E-state index in [1.54, 1.807) is 30.5 Å². The molecule has 132 valence electrons. The van der Waals surface area contributed by atoms with Gasteiger partial charge in [0.25, 0.3) is 5.91 Å². The third-order valence-electron chi connectivity index (χ3n) is 4.59. The highest BCUT2D eigenvalue weighted by Gasteiger charge is 2.15. The SMILES string of the molecule is O=C(CCC1CCCCC1)Nc1ccc(C(=O)Nc2nccs2)cc1. The number of hydrogen-bond acceptors (Lipinski definition) is 4. The van der Waals surface area contributed by atoms with Crippen LogP contribution in [0.4, 0.5) is 10.8 Å². The van der Waals surface area contributed by atoms with Gasteiger partial charge in [0.15, 0.2) is 5.13 Å². The van der Waals surface area contributed by atoms with Gasteiger partial charge in [-0.05, 0) is 36.6 Å². The molecule has 1 aromatic carbocycles. The second kappa shape index (κ2) is 8.76. The Morgan fingerprint density at radius 1 is 1.08 bits per heavy atom. The maximum atomic E-state index is 12.1. The van der Waals surface area contributed by atoms with Crippen molar-refractivity contribution in [2.45, 2.75) is 44.9 Å². The van der Waals surface area contributed by atoms with E-state index in [4.69, 9.17) is 0 Å². The van der Waals surface area contributed by atoms with Gasteiger partial charge in [-0.25, -0.2) is 4.98 Å². The smallest absolute Gasteiger partial charge is 0.257 e. The standard InChI is InChI=1S/C19H23N3O2S/c23-17(11-6-14-4-2-1-3-5-14)21-16-9-7-15(8-10-16)18(24)22-19-20-12-13-25-19/h7-10,12-14H,1-6,11H2,(H,21,23)(H,20,22,24). The number of anilines is 2. The molecule has 2 N–H and O–H groups in total. The summed E-state index contributed by atoms with van der Waals surface area (Å²) in [6.45, 7) is 0. The van der Waals surface area contributed by atoms with Crippen LogP contribution in [-0.2, 0) is 4.79 Å². The van der Waals surface area contributed by atoms with E-state index in [2.05, 4.69) is 15.6 Å². The molecule has 0 spiro atoms. The molecule has 0 bridgehead atoms. The number of thiazole rings is 1. The highest BCUT2D eigenvalue weighted by atomic mass is 32.1. The topological polar surface area (TPSA) is 71.1 Å². The zero-order valence-electron chi connectivity index (χ0n) is 14.2. The minimum absolute atomic E-state index is 0.0468. The first kappa shape index (κ1) is 17.6. The lowest BCUT2D eigenvalue weighted by Crippen LogP contribution is -2.15. The zero-order valence-corrected chi connectivity index (χ0v) is 15.0. The summed E-state index contributed by atoms with van der Waals surface area (Å²) in [6.07, 6.45) is 9.65. The molecule has 1 fully saturated rings. The van der Waals surface area contributed by atoms with Crippen molar-refractivity contribution < 1.29 is 9.59 Å². The first-order chi connectivity index (χ1) is 12.2. The van der Waals surface area contributed by atoms with E-state index in [1.807, 2.05) is 5.38 Å². The lowest BCUT2D eigenvalue weighted by Gasteiger charge is -2.21. The molecule has 6 heteroatoms. The molecule has 25 heavy (non-hydrogen) atoms. The molecule has 1 aliphatic carbocycles. The zero-order chi connectivity index (χ0) is 17.5. The third kappa shape index (κ3) is 5.39. The maximum absolute atomic E-state index is 12.1. The average molecular weight is 357 g/mol. The van der Waals surface area contributed by atoms with Crippen LogP contribution < -0.4 is 10.6 Å². The molecule has 0 atom stereocenters. The lowest BCUT2D eigenvalue weighted by atomic mass is 9.86. The van der Waals surface area contributed by atoms with E-state index in [-0.39, 0.29) is 11.8 Å². The molecule has 2 amide bonds. The van der Waals surface area contributed by atoms with Crippen molar-refractivity contribution in [3.05, 3.63) is 41.4 Å². The molecule has 1 saturated carbocycles. The number of aromatic nitrogens is 1. The van der Waals surface area contributed by atoms with Crippen LogP contribution in [0.3, 0.4) is 0 Å². The molecule has 3 rings (SSSR count). The van der Waals surface area contributed by atoms with Crippen molar-refractivity contribution in [3.63, 3.8) is 0 Å². The summed E-state index contributed by atoms with van der Waals surface area (Å²) in [4.78, 5) is 28.2. The van der Waals surface area contributed by atoms with Gasteiger partial charge in [-0.3, -0.25) is 14.9 Å². The predicted molar refractivity (Wildman–Crippen MR) is 101 cm³/mol. The highest BCUT2D eigenvalue weighted by molar-refractivity contribution is 7.13. The van der Waals surface area contributed by atoms with Crippen LogP contribution >= 0.6 is 11.3 Å². The number of hydrogen-bond donors (Lipinski definition) is 2. The van der Waals surface area contributed by atoms with Crippen LogP contribution in [0.15, 0.2) is 35.8 Å². The fraction of sp³-hybridized carbons (Fsp3) is 0.421. The van der Waals surface area contributed by atoms with Gasteiger partial charge in [-0.15, -0.1) is 11.3 Å². The van der Waals surface area contributed by atoms with Crippen LogP contribution in [-0.4, -0.2) is 16.8 Å². The molecule has 5 nitrogen and oxygen atoms in total. The third-order valence-corrected chi connectivity index (χ3v) is 5.28. The van der Waals surface area contributed by atoms with Gasteiger partial charge < -0.3 is 5.32 Å². The molecule has 1 heterocycles. The van der Waals surface area contributed by atoms with Crippen LogP contribution in [0.2, 0.25) is 0 Å². The molecule has 0 saturated heterocycles. The van der Waals surface area contributed by atoms with Gasteiger partial charge in [0.1, 0.15) is 0 Å². The molecule has 0 radical (unpaired) electrons. The minimum Gasteiger partial charge on any atom is -0.326 e. The van der Waals surface area contributed by atoms with E-state index >= 15 is 0 Å². The molecule has 0 aliphatic heterocycles. The van der Waals surface area contributed by atoms with E-state index in [1.165, 1.54) is 43.4 Å². The van der Waals surface area contributed by atoms with Gasteiger partial charge in [-0.2, -0.15) is 0 Å². The number of nitrogens with one attached hydrogen (secondary N) is 2. The highest BCUT2D eigenvalue weighted by Crippen LogP contribution is 2.27. The normalized spacial score (nSPS) is 14.9. The van der Waals surface area contributed by atoms with Gasteiger partial charge in [-0.1, -0.05) is 32.1 Å². The Hall–Kier alpha value is -2.21. The second-order valence-electron chi connectivity index (χ2n) is 6.46. The fourth-order valence-corrected chi connectivity index (χ4v) is 3.72. The average Bonchev–Trinajstić information content (AvgIpc) is 3.14. The maximum Gasteiger partial charge on any atom is 0.257 e. The van der Waals surface area contributed by atoms with Gasteiger partial charge >= 0.3 is 0 Å². The lowest BCUT2D eigenvalue weighted by molar-refractivity contribution is -0.116.